The zero-order chi connectivity index (χ0) is 22.7. The van der Waals surface area contributed by atoms with Gasteiger partial charge in [0.15, 0.2) is 6.61 Å². The van der Waals surface area contributed by atoms with Gasteiger partial charge >= 0.3 is 5.97 Å². The maximum absolute atomic E-state index is 12.2. The molecule has 32 heavy (non-hydrogen) atoms. The molecule has 1 heterocycles. The van der Waals surface area contributed by atoms with Gasteiger partial charge in [0, 0.05) is 28.7 Å². The lowest BCUT2D eigenvalue weighted by molar-refractivity contribution is -0.118. The molecule has 0 saturated carbocycles. The number of carboxylic acids is 1. The van der Waals surface area contributed by atoms with Crippen LogP contribution in [0.3, 0.4) is 0 Å². The monoisotopic (exact) mass is 468 g/mol. The number of fused-ring (bicyclic) bond motifs is 1. The number of carboxylic acid groups (broad SMARTS) is 1. The summed E-state index contributed by atoms with van der Waals surface area (Å²) in [5, 5.41) is 13.6. The molecule has 162 valence electrons. The highest BCUT2D eigenvalue weighted by Gasteiger charge is 2.10. The van der Waals surface area contributed by atoms with Gasteiger partial charge in [-0.15, -0.1) is 0 Å². The van der Waals surface area contributed by atoms with Crippen molar-refractivity contribution in [2.45, 2.75) is 6.54 Å². The third-order valence-electron chi connectivity index (χ3n) is 4.84. The van der Waals surface area contributed by atoms with Gasteiger partial charge in [-0.1, -0.05) is 35.3 Å². The first-order chi connectivity index (χ1) is 15.4. The zero-order valence-corrected chi connectivity index (χ0v) is 18.2. The number of aromatic nitrogens is 1. The SMILES string of the molecule is O=C(COc1ccc2c(ccn2Cc2cccc(C(=O)O)c2)c1)Nc1ccc(Cl)cc1Cl. The number of rotatable bonds is 7. The standard InChI is InChI=1S/C24H18Cl2N2O4/c25-18-4-6-21(20(26)12-18)27-23(29)14-32-19-5-7-22-16(11-19)8-9-28(22)13-15-2-1-3-17(10-15)24(30)31/h1-12H,13-14H2,(H,27,29)(H,30,31). The normalized spacial score (nSPS) is 10.8. The maximum Gasteiger partial charge on any atom is 0.335 e. The van der Waals surface area contributed by atoms with E-state index in [9.17, 15) is 14.7 Å². The lowest BCUT2D eigenvalue weighted by Crippen LogP contribution is -2.20. The van der Waals surface area contributed by atoms with Gasteiger partial charge in [0.05, 0.1) is 16.3 Å². The zero-order valence-electron chi connectivity index (χ0n) is 16.7. The average molecular weight is 469 g/mol. The number of carbonyl (C=O) groups excluding carboxylic acids is 1. The predicted octanol–water partition coefficient (Wildman–Crippen LogP) is 5.71. The van der Waals surface area contributed by atoms with E-state index in [0.29, 0.717) is 28.0 Å². The number of ether oxygens (including phenoxy) is 1. The molecule has 4 rings (SSSR count). The molecule has 0 aliphatic heterocycles. The van der Waals surface area contributed by atoms with Gasteiger partial charge in [-0.3, -0.25) is 4.79 Å². The van der Waals surface area contributed by atoms with Crippen LogP contribution in [0.4, 0.5) is 5.69 Å². The summed E-state index contributed by atoms with van der Waals surface area (Å²) in [4.78, 5) is 23.4. The van der Waals surface area contributed by atoms with Gasteiger partial charge in [-0.2, -0.15) is 0 Å². The predicted molar refractivity (Wildman–Crippen MR) is 125 cm³/mol. The van der Waals surface area contributed by atoms with E-state index in [1.54, 1.807) is 42.5 Å². The van der Waals surface area contributed by atoms with Crippen LogP contribution in [-0.2, 0) is 11.3 Å². The number of nitrogens with one attached hydrogen (secondary N) is 1. The highest BCUT2D eigenvalue weighted by molar-refractivity contribution is 6.36. The summed E-state index contributed by atoms with van der Waals surface area (Å²) in [5.41, 5.74) is 2.58. The van der Waals surface area contributed by atoms with Crippen LogP contribution in [0, 0.1) is 0 Å². The van der Waals surface area contributed by atoms with Gasteiger partial charge in [0.1, 0.15) is 5.75 Å². The Hall–Kier alpha value is -3.48. The molecule has 4 aromatic rings. The van der Waals surface area contributed by atoms with Crippen LogP contribution in [0.15, 0.2) is 72.9 Å². The third kappa shape index (κ3) is 5.04. The van der Waals surface area contributed by atoms with Crippen molar-refractivity contribution in [3.05, 3.63) is 94.1 Å². The van der Waals surface area contributed by atoms with Crippen molar-refractivity contribution in [3.8, 4) is 5.75 Å². The minimum absolute atomic E-state index is 0.173. The number of hydrogen-bond donors (Lipinski definition) is 2. The fraction of sp³-hybridized carbons (Fsp3) is 0.0833. The van der Waals surface area contributed by atoms with Gasteiger partial charge in [-0.25, -0.2) is 4.79 Å². The van der Waals surface area contributed by atoms with Gasteiger partial charge in [0.2, 0.25) is 0 Å². The fourth-order valence-electron chi connectivity index (χ4n) is 3.33. The Kier molecular flexibility index (Phi) is 6.35. The van der Waals surface area contributed by atoms with Crippen LogP contribution in [-0.4, -0.2) is 28.2 Å². The third-order valence-corrected chi connectivity index (χ3v) is 5.39. The number of nitrogens with zero attached hydrogens (tertiary/aromatic N) is 1. The lowest BCUT2D eigenvalue weighted by Gasteiger charge is -2.10. The molecular formula is C24H18Cl2N2O4. The molecule has 0 atom stereocenters. The van der Waals surface area contributed by atoms with E-state index in [2.05, 4.69) is 5.32 Å². The summed E-state index contributed by atoms with van der Waals surface area (Å²) in [6.07, 6.45) is 1.93. The van der Waals surface area contributed by atoms with Crippen LogP contribution in [0.5, 0.6) is 5.75 Å². The topological polar surface area (TPSA) is 80.6 Å². The molecule has 6 nitrogen and oxygen atoms in total. The van der Waals surface area contributed by atoms with Crippen molar-refractivity contribution in [1.82, 2.24) is 4.57 Å². The lowest BCUT2D eigenvalue weighted by atomic mass is 10.1. The number of aromatic carboxylic acids is 1. The van der Waals surface area contributed by atoms with Gasteiger partial charge < -0.3 is 19.7 Å². The molecule has 0 radical (unpaired) electrons. The summed E-state index contributed by atoms with van der Waals surface area (Å²) < 4.78 is 7.65. The number of carbonyl (C=O) groups is 2. The molecule has 0 unspecified atom stereocenters. The van der Waals surface area contributed by atoms with Crippen molar-refractivity contribution in [2.75, 3.05) is 11.9 Å². The molecule has 0 spiro atoms. The molecule has 0 aliphatic rings. The molecule has 0 fully saturated rings. The molecule has 3 aromatic carbocycles. The minimum atomic E-state index is -0.951. The average Bonchev–Trinajstić information content (AvgIpc) is 3.16. The summed E-state index contributed by atoms with van der Waals surface area (Å²) in [5.74, 6) is -0.737. The second kappa shape index (κ2) is 9.34. The number of benzene rings is 3. The van der Waals surface area contributed by atoms with Crippen LogP contribution in [0.25, 0.3) is 10.9 Å². The van der Waals surface area contributed by atoms with E-state index in [0.717, 1.165) is 16.5 Å². The van der Waals surface area contributed by atoms with Crippen molar-refractivity contribution in [2.24, 2.45) is 0 Å². The first-order valence-corrected chi connectivity index (χ1v) is 10.4. The van der Waals surface area contributed by atoms with E-state index in [-0.39, 0.29) is 18.1 Å². The molecule has 8 heteroatoms. The molecule has 1 amide bonds. The molecule has 2 N–H and O–H groups in total. The second-order valence-electron chi connectivity index (χ2n) is 7.13. The van der Waals surface area contributed by atoms with Crippen LogP contribution in [0.1, 0.15) is 15.9 Å². The summed E-state index contributed by atoms with van der Waals surface area (Å²) in [7, 11) is 0. The van der Waals surface area contributed by atoms with Crippen LogP contribution in [0.2, 0.25) is 10.0 Å². The summed E-state index contributed by atoms with van der Waals surface area (Å²) in [6.45, 7) is 0.363. The smallest absolute Gasteiger partial charge is 0.335 e. The minimum Gasteiger partial charge on any atom is -0.484 e. The second-order valence-corrected chi connectivity index (χ2v) is 7.97. The molecule has 1 aromatic heterocycles. The fourth-order valence-corrected chi connectivity index (χ4v) is 3.79. The van der Waals surface area contributed by atoms with Gasteiger partial charge in [-0.05, 0) is 60.2 Å². The molecule has 0 saturated heterocycles. The first kappa shape index (κ1) is 21.7. The Morgan fingerprint density at radius 1 is 1.00 bits per heavy atom. The van der Waals surface area contributed by atoms with E-state index in [4.69, 9.17) is 27.9 Å². The highest BCUT2D eigenvalue weighted by atomic mass is 35.5. The van der Waals surface area contributed by atoms with Crippen LogP contribution >= 0.6 is 23.2 Å². The number of hydrogen-bond acceptors (Lipinski definition) is 3. The quantitative estimate of drug-likeness (QED) is 0.363. The van der Waals surface area contributed by atoms with Gasteiger partial charge in [0.25, 0.3) is 5.91 Å². The number of amides is 1. The number of anilines is 1. The molecule has 0 aliphatic carbocycles. The Morgan fingerprint density at radius 2 is 1.84 bits per heavy atom. The maximum atomic E-state index is 12.2. The largest absolute Gasteiger partial charge is 0.484 e. The van der Waals surface area contributed by atoms with Crippen molar-refractivity contribution in [1.29, 1.82) is 0 Å². The highest BCUT2D eigenvalue weighted by Crippen LogP contribution is 2.26. The molecule has 0 bridgehead atoms. The van der Waals surface area contributed by atoms with Crippen molar-refractivity contribution < 1.29 is 19.4 Å². The number of halogens is 2. The summed E-state index contributed by atoms with van der Waals surface area (Å²) >= 11 is 11.9. The Labute approximate surface area is 193 Å². The molecular weight excluding hydrogens is 451 g/mol. The Balaban J connectivity index is 1.42. The van der Waals surface area contributed by atoms with E-state index in [1.165, 1.54) is 0 Å². The van der Waals surface area contributed by atoms with E-state index >= 15 is 0 Å². The van der Waals surface area contributed by atoms with E-state index in [1.807, 2.05) is 35.0 Å². The van der Waals surface area contributed by atoms with Crippen LogP contribution < -0.4 is 10.1 Å². The summed E-state index contributed by atoms with van der Waals surface area (Å²) in [6, 6.07) is 19.2. The van der Waals surface area contributed by atoms with E-state index < -0.39 is 5.97 Å². The van der Waals surface area contributed by atoms with Crippen molar-refractivity contribution in [3.63, 3.8) is 0 Å². The Morgan fingerprint density at radius 3 is 2.62 bits per heavy atom. The van der Waals surface area contributed by atoms with Crippen molar-refractivity contribution >= 4 is 51.7 Å². The Bertz CT molecular complexity index is 1320. The first-order valence-electron chi connectivity index (χ1n) is 9.68.